The minimum Gasteiger partial charge on any atom is -0.368 e. The van der Waals surface area contributed by atoms with Crippen LogP contribution < -0.4 is 11.5 Å². The third-order valence-corrected chi connectivity index (χ3v) is 4.65. The lowest BCUT2D eigenvalue weighted by Crippen LogP contribution is -2.50. The van der Waals surface area contributed by atoms with Crippen LogP contribution in [0.25, 0.3) is 0 Å². The van der Waals surface area contributed by atoms with Gasteiger partial charge in [-0.1, -0.05) is 0 Å². The minimum atomic E-state index is -0.843. The van der Waals surface area contributed by atoms with Crippen molar-refractivity contribution in [3.63, 3.8) is 0 Å². The van der Waals surface area contributed by atoms with Crippen LogP contribution in [-0.4, -0.2) is 60.0 Å². The monoisotopic (exact) mass is 268 g/mol. The first-order valence-corrected chi connectivity index (χ1v) is 7.54. The van der Waals surface area contributed by atoms with Crippen LogP contribution in [0.15, 0.2) is 0 Å². The lowest BCUT2D eigenvalue weighted by molar-refractivity contribution is -0.122. The highest BCUT2D eigenvalue weighted by atomic mass is 16.1. The Hall–Kier alpha value is -0.650. The molecule has 5 heteroatoms. The lowest BCUT2D eigenvalue weighted by atomic mass is 9.95. The minimum absolute atomic E-state index is 0.396. The van der Waals surface area contributed by atoms with Crippen LogP contribution >= 0.6 is 0 Å². The summed E-state index contributed by atoms with van der Waals surface area (Å²) in [5.74, 6) is -0.396. The molecule has 2 rings (SSSR count). The maximum Gasteiger partial charge on any atom is 0.237 e. The van der Waals surface area contributed by atoms with E-state index in [4.69, 9.17) is 11.5 Å². The van der Waals surface area contributed by atoms with Gasteiger partial charge in [0.15, 0.2) is 0 Å². The highest BCUT2D eigenvalue weighted by Crippen LogP contribution is 2.21. The summed E-state index contributed by atoms with van der Waals surface area (Å²) in [5, 5.41) is 0. The Morgan fingerprint density at radius 1 is 1.32 bits per heavy atom. The van der Waals surface area contributed by atoms with Gasteiger partial charge in [-0.15, -0.1) is 0 Å². The van der Waals surface area contributed by atoms with Gasteiger partial charge in [0.2, 0.25) is 5.91 Å². The van der Waals surface area contributed by atoms with Gasteiger partial charge in [0, 0.05) is 25.7 Å². The molecular formula is C14H28N4O. The van der Waals surface area contributed by atoms with Crippen molar-refractivity contribution in [3.05, 3.63) is 0 Å². The van der Waals surface area contributed by atoms with Gasteiger partial charge >= 0.3 is 0 Å². The van der Waals surface area contributed by atoms with Crippen molar-refractivity contribution < 1.29 is 4.79 Å². The molecule has 4 N–H and O–H groups in total. The van der Waals surface area contributed by atoms with Crippen molar-refractivity contribution in [3.8, 4) is 0 Å². The standard InChI is InChI=1S/C14H28N4O/c1-14(16,13(15)19)6-2-3-7-17-9-10-18-8-4-5-12(18)11-17/h12H,2-11,16H2,1H3,(H2,15,19). The van der Waals surface area contributed by atoms with Crippen LogP contribution in [0.3, 0.4) is 0 Å². The number of rotatable bonds is 6. The first-order valence-electron chi connectivity index (χ1n) is 7.54. The number of carbonyl (C=O) groups excluding carboxylic acids is 1. The molecule has 0 aromatic rings. The van der Waals surface area contributed by atoms with Crippen molar-refractivity contribution in [1.82, 2.24) is 9.80 Å². The van der Waals surface area contributed by atoms with Gasteiger partial charge in [0.05, 0.1) is 5.54 Å². The van der Waals surface area contributed by atoms with Crippen molar-refractivity contribution in [2.75, 3.05) is 32.7 Å². The SMILES string of the molecule is CC(N)(CCCCN1CCN2CCCC2C1)C(N)=O. The predicted octanol–water partition coefficient (Wildman–Crippen LogP) is 0.139. The Balaban J connectivity index is 1.62. The van der Waals surface area contributed by atoms with Crippen LogP contribution in [0.5, 0.6) is 0 Å². The zero-order valence-corrected chi connectivity index (χ0v) is 12.1. The van der Waals surface area contributed by atoms with Crippen molar-refractivity contribution in [1.29, 1.82) is 0 Å². The second-order valence-corrected chi connectivity index (χ2v) is 6.37. The Morgan fingerprint density at radius 2 is 2.11 bits per heavy atom. The van der Waals surface area contributed by atoms with Gasteiger partial charge in [-0.05, 0) is 52.1 Å². The number of piperazine rings is 1. The fourth-order valence-electron chi connectivity index (χ4n) is 3.21. The van der Waals surface area contributed by atoms with Crippen LogP contribution in [0.4, 0.5) is 0 Å². The number of hydrogen-bond acceptors (Lipinski definition) is 4. The molecule has 0 saturated carbocycles. The Bertz CT molecular complexity index is 319. The summed E-state index contributed by atoms with van der Waals surface area (Å²) in [6, 6.07) is 0.791. The number of fused-ring (bicyclic) bond motifs is 1. The Labute approximate surface area is 116 Å². The van der Waals surface area contributed by atoms with Gasteiger partial charge in [-0.25, -0.2) is 0 Å². The third-order valence-electron chi connectivity index (χ3n) is 4.65. The van der Waals surface area contributed by atoms with E-state index >= 15 is 0 Å². The van der Waals surface area contributed by atoms with Crippen LogP contribution in [0, 0.1) is 0 Å². The zero-order chi connectivity index (χ0) is 13.9. The second-order valence-electron chi connectivity index (χ2n) is 6.37. The number of primary amides is 1. The molecule has 5 nitrogen and oxygen atoms in total. The normalized spacial score (nSPS) is 28.0. The van der Waals surface area contributed by atoms with E-state index in [0.717, 1.165) is 25.4 Å². The van der Waals surface area contributed by atoms with Gasteiger partial charge in [-0.2, -0.15) is 0 Å². The summed E-state index contributed by atoms with van der Waals surface area (Å²) in [7, 11) is 0. The van der Waals surface area contributed by atoms with E-state index in [1.807, 2.05) is 0 Å². The number of nitrogens with two attached hydrogens (primary N) is 2. The van der Waals surface area contributed by atoms with E-state index in [9.17, 15) is 4.79 Å². The number of unbranched alkanes of at least 4 members (excludes halogenated alkanes) is 1. The Kier molecular flexibility index (Phi) is 4.81. The molecule has 2 atom stereocenters. The van der Waals surface area contributed by atoms with Gasteiger partial charge < -0.3 is 16.4 Å². The number of nitrogens with zero attached hydrogens (tertiary/aromatic N) is 2. The quantitative estimate of drug-likeness (QED) is 0.672. The number of amides is 1. The highest BCUT2D eigenvalue weighted by molar-refractivity contribution is 5.83. The van der Waals surface area contributed by atoms with Crippen molar-refractivity contribution >= 4 is 5.91 Å². The molecule has 0 aromatic carbocycles. The molecule has 0 spiro atoms. The summed E-state index contributed by atoms with van der Waals surface area (Å²) < 4.78 is 0. The molecule has 2 aliphatic heterocycles. The average Bonchev–Trinajstić information content (AvgIpc) is 2.81. The third kappa shape index (κ3) is 3.91. The van der Waals surface area contributed by atoms with E-state index in [2.05, 4.69) is 9.80 Å². The molecule has 0 aromatic heterocycles. The number of hydrogen-bond donors (Lipinski definition) is 2. The molecule has 2 fully saturated rings. The summed E-state index contributed by atoms with van der Waals surface area (Å²) in [4.78, 5) is 16.3. The highest BCUT2D eigenvalue weighted by Gasteiger charge is 2.30. The van der Waals surface area contributed by atoms with E-state index in [0.29, 0.717) is 6.42 Å². The first kappa shape index (κ1) is 14.8. The van der Waals surface area contributed by atoms with Gasteiger partial charge in [-0.3, -0.25) is 9.69 Å². The molecule has 2 heterocycles. The maximum atomic E-state index is 11.1. The van der Waals surface area contributed by atoms with Crippen molar-refractivity contribution in [2.45, 2.75) is 50.6 Å². The molecule has 110 valence electrons. The smallest absolute Gasteiger partial charge is 0.237 e. The summed E-state index contributed by atoms with van der Waals surface area (Å²) in [5.41, 5.74) is 10.3. The Morgan fingerprint density at radius 3 is 2.84 bits per heavy atom. The van der Waals surface area contributed by atoms with E-state index in [-0.39, 0.29) is 0 Å². The average molecular weight is 268 g/mol. The largest absolute Gasteiger partial charge is 0.368 e. The first-order chi connectivity index (χ1) is 8.99. The van der Waals surface area contributed by atoms with Gasteiger partial charge in [0.1, 0.15) is 0 Å². The fourth-order valence-corrected chi connectivity index (χ4v) is 3.21. The van der Waals surface area contributed by atoms with E-state index < -0.39 is 11.4 Å². The van der Waals surface area contributed by atoms with Gasteiger partial charge in [0.25, 0.3) is 0 Å². The molecular weight excluding hydrogens is 240 g/mol. The van der Waals surface area contributed by atoms with Crippen molar-refractivity contribution in [2.24, 2.45) is 11.5 Å². The molecule has 2 aliphatic rings. The summed E-state index contributed by atoms with van der Waals surface area (Å²) in [6.45, 7) is 7.77. The van der Waals surface area contributed by atoms with E-state index in [1.54, 1.807) is 6.92 Å². The maximum absolute atomic E-state index is 11.1. The number of carbonyl (C=O) groups is 1. The lowest BCUT2D eigenvalue weighted by Gasteiger charge is -2.37. The molecule has 0 bridgehead atoms. The molecule has 1 amide bonds. The predicted molar refractivity (Wildman–Crippen MR) is 76.7 cm³/mol. The van der Waals surface area contributed by atoms with Crippen LogP contribution in [0.1, 0.15) is 39.0 Å². The molecule has 19 heavy (non-hydrogen) atoms. The molecule has 2 saturated heterocycles. The van der Waals surface area contributed by atoms with Crippen LogP contribution in [0.2, 0.25) is 0 Å². The second kappa shape index (κ2) is 6.20. The molecule has 2 unspecified atom stereocenters. The van der Waals surface area contributed by atoms with E-state index in [1.165, 1.54) is 39.0 Å². The summed E-state index contributed by atoms with van der Waals surface area (Å²) in [6.07, 6.45) is 5.49. The zero-order valence-electron chi connectivity index (χ0n) is 12.1. The summed E-state index contributed by atoms with van der Waals surface area (Å²) >= 11 is 0. The fraction of sp³-hybridized carbons (Fsp3) is 0.929. The topological polar surface area (TPSA) is 75.6 Å². The molecule has 0 aliphatic carbocycles. The van der Waals surface area contributed by atoms with Crippen LogP contribution in [-0.2, 0) is 4.79 Å². The molecule has 0 radical (unpaired) electrons.